The third-order valence-corrected chi connectivity index (χ3v) is 3.70. The normalized spacial score (nSPS) is 17.3. The lowest BCUT2D eigenvalue weighted by molar-refractivity contribution is 0.0421. The molecule has 20 heavy (non-hydrogen) atoms. The van der Waals surface area contributed by atoms with Crippen LogP contribution in [0.25, 0.3) is 0 Å². The molecule has 0 amide bonds. The van der Waals surface area contributed by atoms with Crippen LogP contribution in [0.2, 0.25) is 0 Å². The van der Waals surface area contributed by atoms with Crippen molar-refractivity contribution in [2.24, 2.45) is 0 Å². The Labute approximate surface area is 120 Å². The molecule has 0 saturated carbocycles. The number of aromatic nitrogens is 1. The van der Waals surface area contributed by atoms with E-state index in [9.17, 15) is 4.79 Å². The van der Waals surface area contributed by atoms with Crippen LogP contribution in [0.15, 0.2) is 12.3 Å². The first-order valence-electron chi connectivity index (χ1n) is 7.14. The third-order valence-electron chi connectivity index (χ3n) is 3.70. The highest BCUT2D eigenvalue weighted by Crippen LogP contribution is 2.11. The van der Waals surface area contributed by atoms with Crippen LogP contribution in [0.1, 0.15) is 17.4 Å². The molecule has 1 aromatic rings. The number of hydrogen-bond donors (Lipinski definition) is 1. The van der Waals surface area contributed by atoms with Gasteiger partial charge in [-0.05, 0) is 20.0 Å². The van der Waals surface area contributed by atoms with Crippen LogP contribution < -0.4 is 5.73 Å². The van der Waals surface area contributed by atoms with E-state index in [1.165, 1.54) is 0 Å². The molecule has 2 rings (SSSR count). The van der Waals surface area contributed by atoms with Crippen molar-refractivity contribution >= 4 is 11.7 Å². The number of carbonyl (C=O) groups excluding carboxylic acids is 1. The van der Waals surface area contributed by atoms with Crippen molar-refractivity contribution in [2.45, 2.75) is 13.5 Å². The fraction of sp³-hybridized carbons (Fsp3) is 0.643. The number of hydrogen-bond acceptors (Lipinski definition) is 5. The smallest absolute Gasteiger partial charge is 0.355 e. The minimum absolute atomic E-state index is 0.294. The highest BCUT2D eigenvalue weighted by Gasteiger charge is 2.16. The Kier molecular flexibility index (Phi) is 5.03. The second-order valence-corrected chi connectivity index (χ2v) is 5.23. The van der Waals surface area contributed by atoms with E-state index in [0.29, 0.717) is 24.5 Å². The molecule has 0 radical (unpaired) electrons. The number of rotatable bonds is 5. The molecule has 1 saturated heterocycles. The van der Waals surface area contributed by atoms with Gasteiger partial charge in [0.25, 0.3) is 0 Å². The zero-order valence-corrected chi connectivity index (χ0v) is 12.3. The standard InChI is InChI=1S/C14H24N4O2/c1-3-18-11-12(15)10-13(18)14(19)20-9-8-17-6-4-16(2)5-7-17/h10-11H,3-9,15H2,1-2H3. The first-order chi connectivity index (χ1) is 9.60. The molecule has 0 aliphatic carbocycles. The van der Waals surface area contributed by atoms with Crippen molar-refractivity contribution in [2.75, 3.05) is 52.1 Å². The monoisotopic (exact) mass is 280 g/mol. The number of ether oxygens (including phenoxy) is 1. The van der Waals surface area contributed by atoms with Crippen LogP contribution >= 0.6 is 0 Å². The molecule has 6 nitrogen and oxygen atoms in total. The summed E-state index contributed by atoms with van der Waals surface area (Å²) in [5.41, 5.74) is 6.84. The summed E-state index contributed by atoms with van der Waals surface area (Å²) in [6.45, 7) is 8.12. The Bertz CT molecular complexity index is 450. The number of esters is 1. The van der Waals surface area contributed by atoms with E-state index in [4.69, 9.17) is 10.5 Å². The summed E-state index contributed by atoms with van der Waals surface area (Å²) < 4.78 is 7.16. The van der Waals surface area contributed by atoms with Gasteiger partial charge in [0.2, 0.25) is 0 Å². The minimum Gasteiger partial charge on any atom is -0.460 e. The van der Waals surface area contributed by atoms with Gasteiger partial charge in [-0.1, -0.05) is 0 Å². The molecule has 1 aliphatic rings. The Morgan fingerprint density at radius 2 is 2.05 bits per heavy atom. The van der Waals surface area contributed by atoms with Crippen molar-refractivity contribution in [3.05, 3.63) is 18.0 Å². The number of nitrogens with two attached hydrogens (primary N) is 1. The maximum atomic E-state index is 12.0. The topological polar surface area (TPSA) is 63.7 Å². The summed E-state index contributed by atoms with van der Waals surface area (Å²) in [5.74, 6) is -0.294. The van der Waals surface area contributed by atoms with Gasteiger partial charge in [0.1, 0.15) is 12.3 Å². The van der Waals surface area contributed by atoms with Crippen molar-refractivity contribution in [1.82, 2.24) is 14.4 Å². The van der Waals surface area contributed by atoms with Crippen LogP contribution in [0.5, 0.6) is 0 Å². The SMILES string of the molecule is CCn1cc(N)cc1C(=O)OCCN1CCN(C)CC1. The van der Waals surface area contributed by atoms with Crippen LogP contribution in [0, 0.1) is 0 Å². The number of likely N-dealkylation sites (N-methyl/N-ethyl adjacent to an activating group) is 1. The van der Waals surface area contributed by atoms with Gasteiger partial charge in [0.05, 0.1) is 5.69 Å². The van der Waals surface area contributed by atoms with Crippen LogP contribution in [-0.2, 0) is 11.3 Å². The molecule has 6 heteroatoms. The van der Waals surface area contributed by atoms with Crippen LogP contribution in [0.3, 0.4) is 0 Å². The Hall–Kier alpha value is -1.53. The summed E-state index contributed by atoms with van der Waals surface area (Å²) >= 11 is 0. The molecule has 1 aromatic heterocycles. The summed E-state index contributed by atoms with van der Waals surface area (Å²) in [6.07, 6.45) is 1.76. The largest absolute Gasteiger partial charge is 0.460 e. The third kappa shape index (κ3) is 3.74. The van der Waals surface area contributed by atoms with Crippen LogP contribution in [0.4, 0.5) is 5.69 Å². The van der Waals surface area contributed by atoms with Crippen molar-refractivity contribution in [1.29, 1.82) is 0 Å². The average Bonchev–Trinajstić information content (AvgIpc) is 2.82. The van der Waals surface area contributed by atoms with Gasteiger partial charge in [0, 0.05) is 45.5 Å². The Balaban J connectivity index is 1.77. The second-order valence-electron chi connectivity index (χ2n) is 5.23. The summed E-state index contributed by atoms with van der Waals surface area (Å²) in [6, 6.07) is 1.67. The fourth-order valence-electron chi connectivity index (χ4n) is 2.38. The highest BCUT2D eigenvalue weighted by atomic mass is 16.5. The molecule has 0 spiro atoms. The van der Waals surface area contributed by atoms with E-state index in [2.05, 4.69) is 16.8 Å². The molecule has 112 valence electrons. The summed E-state index contributed by atoms with van der Waals surface area (Å²) in [7, 11) is 2.13. The Morgan fingerprint density at radius 1 is 1.35 bits per heavy atom. The maximum Gasteiger partial charge on any atom is 0.355 e. The number of nitrogens with zero attached hydrogens (tertiary/aromatic N) is 3. The number of piperazine rings is 1. The molecule has 0 aromatic carbocycles. The van der Waals surface area contributed by atoms with Gasteiger partial charge < -0.3 is 19.9 Å². The minimum atomic E-state index is -0.294. The van der Waals surface area contributed by atoms with E-state index < -0.39 is 0 Å². The second kappa shape index (κ2) is 6.76. The van der Waals surface area contributed by atoms with Gasteiger partial charge in [-0.25, -0.2) is 4.79 Å². The quantitative estimate of drug-likeness (QED) is 0.796. The average molecular weight is 280 g/mol. The van der Waals surface area contributed by atoms with E-state index in [-0.39, 0.29) is 5.97 Å². The zero-order valence-electron chi connectivity index (χ0n) is 12.3. The van der Waals surface area contributed by atoms with Gasteiger partial charge >= 0.3 is 5.97 Å². The van der Waals surface area contributed by atoms with Gasteiger partial charge in [-0.15, -0.1) is 0 Å². The highest BCUT2D eigenvalue weighted by molar-refractivity contribution is 5.89. The molecule has 2 N–H and O–H groups in total. The number of carbonyl (C=O) groups is 1. The first kappa shape index (κ1) is 14.9. The molecular weight excluding hydrogens is 256 g/mol. The van der Waals surface area contributed by atoms with Crippen molar-refractivity contribution in [3.63, 3.8) is 0 Å². The zero-order chi connectivity index (χ0) is 14.5. The lowest BCUT2D eigenvalue weighted by atomic mass is 10.3. The van der Waals surface area contributed by atoms with Gasteiger partial charge in [0.15, 0.2) is 0 Å². The van der Waals surface area contributed by atoms with E-state index in [1.807, 2.05) is 11.5 Å². The molecule has 0 bridgehead atoms. The molecule has 2 heterocycles. The summed E-state index contributed by atoms with van der Waals surface area (Å²) in [4.78, 5) is 16.6. The lowest BCUT2D eigenvalue weighted by Gasteiger charge is -2.32. The first-order valence-corrected chi connectivity index (χ1v) is 7.14. The van der Waals surface area contributed by atoms with Crippen molar-refractivity contribution in [3.8, 4) is 0 Å². The number of aryl methyl sites for hydroxylation is 1. The van der Waals surface area contributed by atoms with E-state index in [1.54, 1.807) is 12.3 Å². The van der Waals surface area contributed by atoms with E-state index >= 15 is 0 Å². The molecule has 1 fully saturated rings. The number of anilines is 1. The van der Waals surface area contributed by atoms with Gasteiger partial charge in [-0.3, -0.25) is 4.90 Å². The van der Waals surface area contributed by atoms with Gasteiger partial charge in [-0.2, -0.15) is 0 Å². The fourth-order valence-corrected chi connectivity index (χ4v) is 2.38. The van der Waals surface area contributed by atoms with E-state index in [0.717, 1.165) is 32.7 Å². The molecule has 1 aliphatic heterocycles. The predicted octanol–water partition coefficient (Wildman–Crippen LogP) is 0.494. The molecule has 0 atom stereocenters. The molecule has 0 unspecified atom stereocenters. The predicted molar refractivity (Wildman–Crippen MR) is 78.7 cm³/mol. The van der Waals surface area contributed by atoms with Crippen molar-refractivity contribution < 1.29 is 9.53 Å². The lowest BCUT2D eigenvalue weighted by Crippen LogP contribution is -2.45. The summed E-state index contributed by atoms with van der Waals surface area (Å²) in [5, 5.41) is 0. The Morgan fingerprint density at radius 3 is 2.70 bits per heavy atom. The maximum absolute atomic E-state index is 12.0. The van der Waals surface area contributed by atoms with Crippen LogP contribution in [-0.4, -0.2) is 66.7 Å². The molecular formula is C14H24N4O2. The number of nitrogen functional groups attached to an aromatic ring is 1.